The van der Waals surface area contributed by atoms with Gasteiger partial charge in [-0.05, 0) is 104 Å². The first-order valence-electron chi connectivity index (χ1n) is 19.0. The van der Waals surface area contributed by atoms with Crippen molar-refractivity contribution in [3.05, 3.63) is 24.3 Å². The van der Waals surface area contributed by atoms with Gasteiger partial charge in [0.05, 0.1) is 6.61 Å². The number of amides is 1. The van der Waals surface area contributed by atoms with Crippen LogP contribution >= 0.6 is 0 Å². The summed E-state index contributed by atoms with van der Waals surface area (Å²) in [4.78, 5) is 77.2. The highest BCUT2D eigenvalue weighted by Gasteiger charge is 2.81. The zero-order chi connectivity index (χ0) is 38.8. The van der Waals surface area contributed by atoms with Gasteiger partial charge in [0.1, 0.15) is 18.2 Å². The molecule has 52 heavy (non-hydrogen) atoms. The Morgan fingerprint density at radius 2 is 1.69 bits per heavy atom. The number of carbonyl (C=O) groups is 6. The second kappa shape index (κ2) is 13.7. The number of hydrogen-bond donors (Lipinski definition) is 1. The smallest absolute Gasteiger partial charge is 0.408 e. The quantitative estimate of drug-likeness (QED) is 0.146. The minimum Gasteiger partial charge on any atom is -0.465 e. The number of carbonyl (C=O) groups excluding carboxylic acids is 6. The van der Waals surface area contributed by atoms with Gasteiger partial charge in [-0.25, -0.2) is 4.79 Å². The van der Waals surface area contributed by atoms with Gasteiger partial charge < -0.3 is 24.3 Å². The molecule has 0 bridgehead atoms. The van der Waals surface area contributed by atoms with E-state index in [4.69, 9.17) is 18.9 Å². The third-order valence-corrected chi connectivity index (χ3v) is 14.1. The first-order chi connectivity index (χ1) is 24.0. The predicted octanol–water partition coefficient (Wildman–Crippen LogP) is 6.32. The highest BCUT2D eigenvalue weighted by Crippen LogP contribution is 2.87. The third kappa shape index (κ3) is 6.63. The summed E-state index contributed by atoms with van der Waals surface area (Å²) in [6.45, 7) is 21.5. The number of fused-ring (bicyclic) bond motifs is 2. The molecular formula is C41H59NO10. The average Bonchev–Trinajstić information content (AvgIpc) is 3.65. The largest absolute Gasteiger partial charge is 0.465 e. The molecule has 12 atom stereocenters. The Kier molecular flexibility index (Phi) is 10.5. The van der Waals surface area contributed by atoms with Crippen molar-refractivity contribution in [2.45, 2.75) is 126 Å². The number of Topliss-reactive ketones (excluding diaryl/α,β-unsaturated/α-hetero) is 1. The number of nitrogens with one attached hydrogen (secondary N) is 1. The molecule has 1 N–H and O–H groups in total. The Bertz CT molecular complexity index is 1560. The lowest BCUT2D eigenvalue weighted by atomic mass is 9.43. The van der Waals surface area contributed by atoms with Gasteiger partial charge in [-0.15, -0.1) is 0 Å². The molecule has 11 heteroatoms. The molecule has 0 unspecified atom stereocenters. The summed E-state index contributed by atoms with van der Waals surface area (Å²) in [6, 6.07) is 0. The Morgan fingerprint density at radius 1 is 1.02 bits per heavy atom. The van der Waals surface area contributed by atoms with E-state index in [1.807, 2.05) is 13.0 Å². The molecule has 2 spiro atoms. The molecule has 5 aliphatic rings. The van der Waals surface area contributed by atoms with Crippen LogP contribution in [-0.2, 0) is 42.9 Å². The topological polar surface area (TPSA) is 151 Å². The minimum atomic E-state index is -1.32. The van der Waals surface area contributed by atoms with E-state index in [-0.39, 0.29) is 46.0 Å². The molecule has 0 aromatic heterocycles. The second-order valence-electron chi connectivity index (χ2n) is 18.1. The van der Waals surface area contributed by atoms with E-state index in [0.717, 1.165) is 32.1 Å². The van der Waals surface area contributed by atoms with Crippen molar-refractivity contribution < 1.29 is 47.7 Å². The van der Waals surface area contributed by atoms with Crippen molar-refractivity contribution in [3.8, 4) is 0 Å². The first kappa shape index (κ1) is 39.7. The summed E-state index contributed by atoms with van der Waals surface area (Å²) in [6.07, 6.45) is 6.70. The summed E-state index contributed by atoms with van der Waals surface area (Å²) in [7, 11) is 0. The fourth-order valence-electron chi connectivity index (χ4n) is 11.6. The van der Waals surface area contributed by atoms with Gasteiger partial charge in [0.2, 0.25) is 0 Å². The molecule has 5 rings (SSSR count). The molecule has 0 aromatic rings. The number of hydrogen-bond acceptors (Lipinski definition) is 10. The highest BCUT2D eigenvalue weighted by molar-refractivity contribution is 6.00. The maximum atomic E-state index is 14.4. The van der Waals surface area contributed by atoms with Crippen molar-refractivity contribution in [1.82, 2.24) is 5.32 Å². The predicted molar refractivity (Wildman–Crippen MR) is 191 cm³/mol. The molecule has 0 aromatic carbocycles. The van der Waals surface area contributed by atoms with Crippen LogP contribution in [-0.4, -0.2) is 66.5 Å². The van der Waals surface area contributed by atoms with E-state index in [1.54, 1.807) is 27.7 Å². The molecule has 288 valence electrons. The maximum Gasteiger partial charge on any atom is 0.408 e. The fourth-order valence-corrected chi connectivity index (χ4v) is 11.6. The van der Waals surface area contributed by atoms with Gasteiger partial charge in [-0.2, -0.15) is 0 Å². The zero-order valence-corrected chi connectivity index (χ0v) is 32.7. The van der Waals surface area contributed by atoms with Gasteiger partial charge in [-0.1, -0.05) is 47.3 Å². The van der Waals surface area contributed by atoms with Crippen molar-refractivity contribution in [2.24, 2.45) is 57.2 Å². The van der Waals surface area contributed by atoms with Crippen LogP contribution in [0.5, 0.6) is 0 Å². The SMILES string of the molecule is C=C(C(=O)[C@H](OC(=O)CNC(=O)OC(C)(C)C)[C@@H](C)[C@H]1[C@@H](OC(C)=O)C[C@@]2(C)[C@@H]3CC[C@H]4[C@H](C)C(=O)C=C[C@@]45C[C@@]35CC[C@]12C)[C@@H](C)COC(C)=O. The van der Waals surface area contributed by atoms with Crippen molar-refractivity contribution in [3.63, 3.8) is 0 Å². The number of allylic oxidation sites excluding steroid dienone is 2. The van der Waals surface area contributed by atoms with Gasteiger partial charge in [0, 0.05) is 37.5 Å². The van der Waals surface area contributed by atoms with E-state index >= 15 is 0 Å². The van der Waals surface area contributed by atoms with Crippen LogP contribution in [0.4, 0.5) is 4.79 Å². The number of esters is 3. The fraction of sp³-hybridized carbons (Fsp3) is 0.756. The van der Waals surface area contributed by atoms with E-state index in [9.17, 15) is 28.8 Å². The molecule has 11 nitrogen and oxygen atoms in total. The van der Waals surface area contributed by atoms with Crippen LogP contribution in [0.3, 0.4) is 0 Å². The Hall–Kier alpha value is -3.50. The van der Waals surface area contributed by atoms with Gasteiger partial charge in [0.25, 0.3) is 0 Å². The summed E-state index contributed by atoms with van der Waals surface area (Å²) < 4.78 is 22.6. The van der Waals surface area contributed by atoms with Crippen LogP contribution in [0, 0.1) is 57.2 Å². The molecular weight excluding hydrogens is 666 g/mol. The highest BCUT2D eigenvalue weighted by atomic mass is 16.6. The summed E-state index contributed by atoms with van der Waals surface area (Å²) in [5.41, 5.74) is -1.29. The zero-order valence-electron chi connectivity index (χ0n) is 32.7. The van der Waals surface area contributed by atoms with Crippen LogP contribution in [0.2, 0.25) is 0 Å². The van der Waals surface area contributed by atoms with Gasteiger partial charge >= 0.3 is 24.0 Å². The normalized spacial score (nSPS) is 37.4. The Balaban J connectivity index is 1.48. The monoisotopic (exact) mass is 725 g/mol. The van der Waals surface area contributed by atoms with Crippen molar-refractivity contribution in [1.29, 1.82) is 0 Å². The molecule has 0 saturated heterocycles. The van der Waals surface area contributed by atoms with Crippen molar-refractivity contribution in [2.75, 3.05) is 13.2 Å². The Morgan fingerprint density at radius 3 is 2.31 bits per heavy atom. The number of ether oxygens (including phenoxy) is 4. The Labute approximate surface area is 308 Å². The lowest BCUT2D eigenvalue weighted by Crippen LogP contribution is -2.56. The first-order valence-corrected chi connectivity index (χ1v) is 19.0. The average molecular weight is 726 g/mol. The number of ketones is 2. The molecule has 0 aliphatic heterocycles. The van der Waals surface area contributed by atoms with E-state index in [1.165, 1.54) is 13.8 Å². The molecule has 5 aliphatic carbocycles. The summed E-state index contributed by atoms with van der Waals surface area (Å²) in [5, 5.41) is 2.42. The van der Waals surface area contributed by atoms with Crippen LogP contribution < -0.4 is 5.32 Å². The molecule has 4 fully saturated rings. The second-order valence-corrected chi connectivity index (χ2v) is 18.1. The number of rotatable bonds is 11. The van der Waals surface area contributed by atoms with Crippen LogP contribution in [0.25, 0.3) is 0 Å². The summed E-state index contributed by atoms with van der Waals surface area (Å²) >= 11 is 0. The van der Waals surface area contributed by atoms with Gasteiger partial charge in [-0.3, -0.25) is 24.0 Å². The van der Waals surface area contributed by atoms with Crippen LogP contribution in [0.15, 0.2) is 24.3 Å². The standard InChI is InChI=1S/C41H59NO10/c1-22(20-49-26(5)43)23(2)34(47)35(51-32(46)19-42-36(48)52-37(7,8)9)25(4)33-30(50-27(6)44)18-39(11)31-13-12-28-24(3)29(45)14-15-40(28)21-41(31,40)17-16-38(33,39)10/h14-15,22,24-25,28,30-31,33,35H,2,12-13,16-21H2,1,3-11H3,(H,42,48)/t22-,24-,25-,28-,30-,31-,33-,35+,38+,39-,40+,41-/m0/s1. The van der Waals surface area contributed by atoms with E-state index in [2.05, 4.69) is 38.7 Å². The molecule has 0 heterocycles. The molecule has 1 amide bonds. The minimum absolute atomic E-state index is 0.000753. The molecule has 4 saturated carbocycles. The summed E-state index contributed by atoms with van der Waals surface area (Å²) in [5.74, 6) is -2.98. The van der Waals surface area contributed by atoms with E-state index < -0.39 is 71.4 Å². The van der Waals surface area contributed by atoms with Crippen LogP contribution in [0.1, 0.15) is 108 Å². The lowest BCUT2D eigenvalue weighted by molar-refractivity contribution is -0.167. The molecule has 0 radical (unpaired) electrons. The lowest BCUT2D eigenvalue weighted by Gasteiger charge is -2.61. The third-order valence-electron chi connectivity index (χ3n) is 14.1. The number of alkyl carbamates (subject to hydrolysis) is 1. The van der Waals surface area contributed by atoms with Crippen molar-refractivity contribution >= 4 is 35.6 Å². The van der Waals surface area contributed by atoms with Gasteiger partial charge in [0.15, 0.2) is 17.7 Å². The van der Waals surface area contributed by atoms with E-state index in [0.29, 0.717) is 18.3 Å². The maximum absolute atomic E-state index is 14.4.